The molecule has 0 aliphatic carbocycles. The van der Waals surface area contributed by atoms with Crippen LogP contribution in [-0.4, -0.2) is 14.8 Å². The summed E-state index contributed by atoms with van der Waals surface area (Å²) in [6, 6.07) is 11.5. The molecule has 0 amide bonds. The minimum atomic E-state index is 0.441. The Bertz CT molecular complexity index is 781. The Morgan fingerprint density at radius 1 is 1.14 bits per heavy atom. The lowest BCUT2D eigenvalue weighted by atomic mass is 10.0. The lowest BCUT2D eigenvalue weighted by molar-refractivity contribution is 0.697. The van der Waals surface area contributed by atoms with E-state index in [1.54, 1.807) is 29.2 Å². The molecule has 6 heteroatoms. The molecule has 3 aromatic rings. The van der Waals surface area contributed by atoms with Gasteiger partial charge in [0.1, 0.15) is 11.6 Å². The molecule has 0 saturated carbocycles. The minimum absolute atomic E-state index is 0.441. The summed E-state index contributed by atoms with van der Waals surface area (Å²) >= 11 is 6.20. The summed E-state index contributed by atoms with van der Waals surface area (Å²) < 4.78 is 1.74. The van der Waals surface area contributed by atoms with Crippen molar-refractivity contribution in [2.45, 2.75) is 6.54 Å². The van der Waals surface area contributed by atoms with Crippen molar-refractivity contribution >= 4 is 23.2 Å². The molecule has 3 rings (SSSR count). The van der Waals surface area contributed by atoms with Crippen LogP contribution in [-0.2, 0) is 6.54 Å². The zero-order valence-corrected chi connectivity index (χ0v) is 12.0. The summed E-state index contributed by atoms with van der Waals surface area (Å²) in [7, 11) is 0. The van der Waals surface area contributed by atoms with Crippen LogP contribution in [0.3, 0.4) is 0 Å². The van der Waals surface area contributed by atoms with Gasteiger partial charge in [0, 0.05) is 11.8 Å². The number of nitrogens with two attached hydrogens (primary N) is 2. The number of rotatable bonds is 3. The van der Waals surface area contributed by atoms with Gasteiger partial charge < -0.3 is 11.5 Å². The normalized spacial score (nSPS) is 10.7. The Morgan fingerprint density at radius 2 is 2.00 bits per heavy atom. The van der Waals surface area contributed by atoms with Gasteiger partial charge in [-0.05, 0) is 29.3 Å². The minimum Gasteiger partial charge on any atom is -0.384 e. The third-order valence-electron chi connectivity index (χ3n) is 3.20. The Kier molecular flexibility index (Phi) is 3.50. The fourth-order valence-electron chi connectivity index (χ4n) is 2.16. The number of anilines is 2. The topological polar surface area (TPSA) is 82.8 Å². The van der Waals surface area contributed by atoms with E-state index in [0.717, 1.165) is 16.7 Å². The lowest BCUT2D eigenvalue weighted by Crippen LogP contribution is -2.05. The predicted molar refractivity (Wildman–Crippen MR) is 84.8 cm³/mol. The maximum Gasteiger partial charge on any atom is 0.124 e. The van der Waals surface area contributed by atoms with Gasteiger partial charge in [-0.3, -0.25) is 0 Å². The van der Waals surface area contributed by atoms with Crippen molar-refractivity contribution in [3.63, 3.8) is 0 Å². The van der Waals surface area contributed by atoms with Crippen LogP contribution in [0.2, 0.25) is 5.02 Å². The van der Waals surface area contributed by atoms with Crippen LogP contribution >= 0.6 is 11.6 Å². The molecule has 106 valence electrons. The molecule has 0 aliphatic heterocycles. The number of halogens is 1. The molecular weight excluding hydrogens is 286 g/mol. The smallest absolute Gasteiger partial charge is 0.124 e. The number of hydrogen-bond acceptors (Lipinski definition) is 4. The van der Waals surface area contributed by atoms with E-state index in [1.807, 2.05) is 24.3 Å². The van der Waals surface area contributed by atoms with E-state index in [-0.39, 0.29) is 0 Å². The average Bonchev–Trinajstić information content (AvgIpc) is 2.87. The summed E-state index contributed by atoms with van der Waals surface area (Å²) in [4.78, 5) is 3.97. The fourth-order valence-corrected chi connectivity index (χ4v) is 2.37. The van der Waals surface area contributed by atoms with Gasteiger partial charge in [0.25, 0.3) is 0 Å². The first-order chi connectivity index (χ1) is 10.1. The van der Waals surface area contributed by atoms with Crippen LogP contribution < -0.4 is 11.5 Å². The van der Waals surface area contributed by atoms with Crippen molar-refractivity contribution < 1.29 is 0 Å². The number of benzene rings is 1. The summed E-state index contributed by atoms with van der Waals surface area (Å²) in [5.74, 6) is 1.07. The van der Waals surface area contributed by atoms with Crippen LogP contribution in [0.1, 0.15) is 5.56 Å². The van der Waals surface area contributed by atoms with E-state index < -0.39 is 0 Å². The summed E-state index contributed by atoms with van der Waals surface area (Å²) in [6.07, 6.45) is 3.24. The zero-order valence-electron chi connectivity index (χ0n) is 11.2. The number of aromatic nitrogens is 3. The molecular formula is C15H14ClN5. The molecule has 0 saturated heterocycles. The monoisotopic (exact) mass is 299 g/mol. The van der Waals surface area contributed by atoms with Crippen molar-refractivity contribution in [2.75, 3.05) is 11.5 Å². The first kappa shape index (κ1) is 13.5. The van der Waals surface area contributed by atoms with Gasteiger partial charge in [-0.25, -0.2) is 9.67 Å². The van der Waals surface area contributed by atoms with Crippen LogP contribution in [0.5, 0.6) is 0 Å². The van der Waals surface area contributed by atoms with Crippen molar-refractivity contribution in [1.29, 1.82) is 0 Å². The molecule has 0 fully saturated rings. The molecule has 2 aromatic heterocycles. The van der Waals surface area contributed by atoms with Gasteiger partial charge in [0.2, 0.25) is 0 Å². The molecule has 0 bridgehead atoms. The van der Waals surface area contributed by atoms with Gasteiger partial charge >= 0.3 is 0 Å². The Morgan fingerprint density at radius 3 is 2.76 bits per heavy atom. The van der Waals surface area contributed by atoms with Crippen LogP contribution in [0.15, 0.2) is 48.8 Å². The van der Waals surface area contributed by atoms with Crippen molar-refractivity contribution in [3.8, 4) is 11.1 Å². The standard InChI is InChI=1S/C15H14ClN5/c16-13-8-19-14(17)7-12(13)11-3-1-2-10(6-11)9-21-15(18)4-5-20-21/h1-8H,9,18H2,(H2,17,19). The van der Waals surface area contributed by atoms with E-state index in [9.17, 15) is 0 Å². The summed E-state index contributed by atoms with van der Waals surface area (Å²) in [5.41, 5.74) is 14.5. The summed E-state index contributed by atoms with van der Waals surface area (Å²) in [6.45, 7) is 0.602. The largest absolute Gasteiger partial charge is 0.384 e. The highest BCUT2D eigenvalue weighted by Crippen LogP contribution is 2.29. The number of nitrogens with zero attached hydrogens (tertiary/aromatic N) is 3. The van der Waals surface area contributed by atoms with Crippen molar-refractivity contribution in [1.82, 2.24) is 14.8 Å². The highest BCUT2D eigenvalue weighted by atomic mass is 35.5. The third kappa shape index (κ3) is 2.83. The number of nitrogen functional groups attached to an aromatic ring is 2. The Balaban J connectivity index is 1.96. The maximum atomic E-state index is 6.20. The first-order valence-corrected chi connectivity index (χ1v) is 6.79. The van der Waals surface area contributed by atoms with Gasteiger partial charge in [-0.2, -0.15) is 5.10 Å². The van der Waals surface area contributed by atoms with Gasteiger partial charge in [-0.15, -0.1) is 0 Å². The van der Waals surface area contributed by atoms with E-state index >= 15 is 0 Å². The third-order valence-corrected chi connectivity index (χ3v) is 3.50. The fraction of sp³-hybridized carbons (Fsp3) is 0.0667. The quantitative estimate of drug-likeness (QED) is 0.779. The molecule has 1 aromatic carbocycles. The molecule has 0 spiro atoms. The molecule has 0 atom stereocenters. The van der Waals surface area contributed by atoms with E-state index in [4.69, 9.17) is 23.1 Å². The molecule has 0 aliphatic rings. The number of hydrogen-bond donors (Lipinski definition) is 2. The Hall–Kier alpha value is -2.53. The Labute approximate surface area is 127 Å². The molecule has 5 nitrogen and oxygen atoms in total. The average molecular weight is 300 g/mol. The van der Waals surface area contributed by atoms with Gasteiger partial charge in [0.15, 0.2) is 0 Å². The number of pyridine rings is 1. The highest BCUT2D eigenvalue weighted by molar-refractivity contribution is 6.33. The van der Waals surface area contributed by atoms with E-state index in [0.29, 0.717) is 23.2 Å². The van der Waals surface area contributed by atoms with Crippen LogP contribution in [0.4, 0.5) is 11.6 Å². The zero-order chi connectivity index (χ0) is 14.8. The second-order valence-corrected chi connectivity index (χ2v) is 5.11. The lowest BCUT2D eigenvalue weighted by Gasteiger charge is -2.09. The van der Waals surface area contributed by atoms with E-state index in [2.05, 4.69) is 10.1 Å². The SMILES string of the molecule is Nc1cc(-c2cccc(Cn3nccc3N)c2)c(Cl)cn1. The van der Waals surface area contributed by atoms with Crippen LogP contribution in [0.25, 0.3) is 11.1 Å². The highest BCUT2D eigenvalue weighted by Gasteiger charge is 2.07. The predicted octanol–water partition coefficient (Wildman–Crippen LogP) is 2.81. The molecule has 21 heavy (non-hydrogen) atoms. The van der Waals surface area contributed by atoms with Crippen molar-refractivity contribution in [3.05, 3.63) is 59.4 Å². The van der Waals surface area contributed by atoms with E-state index in [1.165, 1.54) is 0 Å². The molecule has 0 unspecified atom stereocenters. The van der Waals surface area contributed by atoms with Crippen molar-refractivity contribution in [2.24, 2.45) is 0 Å². The molecule has 2 heterocycles. The van der Waals surface area contributed by atoms with Crippen LogP contribution in [0, 0.1) is 0 Å². The van der Waals surface area contributed by atoms with Gasteiger partial charge in [-0.1, -0.05) is 29.8 Å². The summed E-state index contributed by atoms with van der Waals surface area (Å²) in [5, 5.41) is 4.75. The second kappa shape index (κ2) is 5.46. The first-order valence-electron chi connectivity index (χ1n) is 6.41. The molecule has 4 N–H and O–H groups in total. The maximum absolute atomic E-state index is 6.20. The second-order valence-electron chi connectivity index (χ2n) is 4.70. The molecule has 0 radical (unpaired) electrons. The van der Waals surface area contributed by atoms with Gasteiger partial charge in [0.05, 0.1) is 17.8 Å².